The smallest absolute Gasteiger partial charge is 0.199 e. The molecule has 3 rings (SSSR count). The molecular weight excluding hydrogens is 218 g/mol. The van der Waals surface area contributed by atoms with Crippen LogP contribution in [0.25, 0.3) is 10.9 Å². The Morgan fingerprint density at radius 1 is 1.24 bits per heavy atom. The van der Waals surface area contributed by atoms with Crippen LogP contribution in [-0.4, -0.2) is 20.7 Å². The van der Waals surface area contributed by atoms with Crippen molar-refractivity contribution >= 4 is 22.6 Å². The number of nitrogens with one attached hydrogen (secondary N) is 1. The molecule has 0 saturated carbocycles. The van der Waals surface area contributed by atoms with E-state index in [1.807, 2.05) is 30.3 Å². The molecule has 2 aromatic heterocycles. The van der Waals surface area contributed by atoms with Crippen molar-refractivity contribution in [2.24, 2.45) is 0 Å². The van der Waals surface area contributed by atoms with E-state index >= 15 is 0 Å². The minimum absolute atomic E-state index is 0.118. The van der Waals surface area contributed by atoms with E-state index < -0.39 is 0 Å². The van der Waals surface area contributed by atoms with E-state index in [4.69, 9.17) is 11.1 Å². The van der Waals surface area contributed by atoms with Crippen LogP contribution in [0.4, 0.5) is 5.82 Å². The second kappa shape index (κ2) is 3.44. The molecule has 0 radical (unpaired) electrons. The molecule has 0 bridgehead atoms. The number of para-hydroxylation sites is 1. The van der Waals surface area contributed by atoms with Gasteiger partial charge in [0.25, 0.3) is 0 Å². The van der Waals surface area contributed by atoms with Crippen molar-refractivity contribution in [1.82, 2.24) is 14.9 Å². The number of hydrogen-bond acceptors (Lipinski definition) is 5. The molecule has 6 nitrogen and oxygen atoms in total. The summed E-state index contributed by atoms with van der Waals surface area (Å²) in [6, 6.07) is 9.68. The Labute approximate surface area is 96.1 Å². The summed E-state index contributed by atoms with van der Waals surface area (Å²) in [6.45, 7) is 0. The van der Waals surface area contributed by atoms with Crippen molar-refractivity contribution in [2.75, 3.05) is 5.73 Å². The van der Waals surface area contributed by atoms with Gasteiger partial charge in [0.1, 0.15) is 0 Å². The number of nitrogen functional groups attached to an aromatic ring is 1. The molecule has 0 unspecified atom stereocenters. The van der Waals surface area contributed by atoms with Crippen LogP contribution in [0, 0.1) is 5.41 Å². The molecule has 1 aromatic carbocycles. The SMILES string of the molecule is N=C(c1nonc1N)n1ccc2ccccc21. The minimum atomic E-state index is 0.118. The predicted octanol–water partition coefficient (Wildman–Crippen LogP) is 1.48. The predicted molar refractivity (Wildman–Crippen MR) is 62.9 cm³/mol. The number of fused-ring (bicyclic) bond motifs is 1. The Morgan fingerprint density at radius 2 is 2.06 bits per heavy atom. The van der Waals surface area contributed by atoms with Crippen LogP contribution < -0.4 is 5.73 Å². The van der Waals surface area contributed by atoms with Gasteiger partial charge in [0.05, 0.1) is 5.52 Å². The van der Waals surface area contributed by atoms with E-state index in [0.29, 0.717) is 0 Å². The lowest BCUT2D eigenvalue weighted by atomic mass is 10.2. The lowest BCUT2D eigenvalue weighted by molar-refractivity contribution is 0.308. The first-order valence-electron chi connectivity index (χ1n) is 5.01. The molecule has 0 spiro atoms. The number of nitrogens with two attached hydrogens (primary N) is 1. The molecule has 3 aromatic rings. The highest BCUT2D eigenvalue weighted by atomic mass is 16.6. The van der Waals surface area contributed by atoms with Crippen molar-refractivity contribution in [3.05, 3.63) is 42.2 Å². The Bertz CT molecular complexity index is 697. The summed E-state index contributed by atoms with van der Waals surface area (Å²) in [4.78, 5) is 0. The van der Waals surface area contributed by atoms with Gasteiger partial charge >= 0.3 is 0 Å². The molecule has 6 heteroatoms. The molecule has 84 valence electrons. The van der Waals surface area contributed by atoms with Crippen LogP contribution in [-0.2, 0) is 0 Å². The number of rotatable bonds is 1. The summed E-state index contributed by atoms with van der Waals surface area (Å²) < 4.78 is 6.18. The first kappa shape index (κ1) is 9.59. The van der Waals surface area contributed by atoms with Crippen LogP contribution in [0.15, 0.2) is 41.2 Å². The normalized spacial score (nSPS) is 10.8. The van der Waals surface area contributed by atoms with Gasteiger partial charge in [0.2, 0.25) is 0 Å². The van der Waals surface area contributed by atoms with E-state index in [1.165, 1.54) is 0 Å². The molecule has 0 amide bonds. The topological polar surface area (TPSA) is 93.7 Å². The summed E-state index contributed by atoms with van der Waals surface area (Å²) in [6.07, 6.45) is 1.79. The Hall–Kier alpha value is -2.63. The molecule has 0 aliphatic rings. The second-order valence-corrected chi connectivity index (χ2v) is 3.59. The number of anilines is 1. The summed E-state index contributed by atoms with van der Waals surface area (Å²) >= 11 is 0. The van der Waals surface area contributed by atoms with Gasteiger partial charge in [-0.2, -0.15) is 0 Å². The van der Waals surface area contributed by atoms with Gasteiger partial charge < -0.3 is 5.73 Å². The highest BCUT2D eigenvalue weighted by Gasteiger charge is 2.15. The van der Waals surface area contributed by atoms with Gasteiger partial charge in [-0.25, -0.2) is 4.63 Å². The molecule has 0 aliphatic carbocycles. The summed E-state index contributed by atoms with van der Waals surface area (Å²) in [5, 5.41) is 16.2. The quantitative estimate of drug-likeness (QED) is 0.486. The first-order chi connectivity index (χ1) is 8.27. The minimum Gasteiger partial charge on any atom is -0.379 e. The van der Waals surface area contributed by atoms with E-state index in [1.54, 1.807) is 10.8 Å². The third-order valence-corrected chi connectivity index (χ3v) is 2.58. The lowest BCUT2D eigenvalue weighted by Crippen LogP contribution is -2.13. The van der Waals surface area contributed by atoms with Crippen LogP contribution in [0.3, 0.4) is 0 Å². The zero-order valence-corrected chi connectivity index (χ0v) is 8.79. The molecular formula is C11H9N5O. The first-order valence-corrected chi connectivity index (χ1v) is 5.01. The molecule has 0 saturated heterocycles. The maximum atomic E-state index is 8.05. The van der Waals surface area contributed by atoms with E-state index in [0.717, 1.165) is 10.9 Å². The average molecular weight is 227 g/mol. The zero-order chi connectivity index (χ0) is 11.8. The van der Waals surface area contributed by atoms with Gasteiger partial charge in [-0.05, 0) is 27.8 Å². The fraction of sp³-hybridized carbons (Fsp3) is 0. The lowest BCUT2D eigenvalue weighted by Gasteiger charge is -2.03. The van der Waals surface area contributed by atoms with E-state index in [2.05, 4.69) is 14.9 Å². The van der Waals surface area contributed by atoms with Gasteiger partial charge in [-0.3, -0.25) is 9.98 Å². The zero-order valence-electron chi connectivity index (χ0n) is 8.79. The molecule has 0 atom stereocenters. The Kier molecular flexibility index (Phi) is 1.94. The van der Waals surface area contributed by atoms with Gasteiger partial charge in [0, 0.05) is 6.20 Å². The maximum Gasteiger partial charge on any atom is 0.199 e. The second-order valence-electron chi connectivity index (χ2n) is 3.59. The van der Waals surface area contributed by atoms with Gasteiger partial charge in [0.15, 0.2) is 17.3 Å². The third-order valence-electron chi connectivity index (χ3n) is 2.58. The highest BCUT2D eigenvalue weighted by Crippen LogP contribution is 2.17. The molecule has 2 heterocycles. The number of benzene rings is 1. The van der Waals surface area contributed by atoms with Crippen molar-refractivity contribution in [3.8, 4) is 0 Å². The van der Waals surface area contributed by atoms with Gasteiger partial charge in [-0.15, -0.1) is 0 Å². The van der Waals surface area contributed by atoms with Crippen molar-refractivity contribution in [1.29, 1.82) is 5.41 Å². The standard InChI is InChI=1S/C11H9N5O/c12-10-9(14-17-15-10)11(13)16-6-5-7-3-1-2-4-8(7)16/h1-6,13H,(H2,12,15). The Morgan fingerprint density at radius 3 is 2.82 bits per heavy atom. The van der Waals surface area contributed by atoms with E-state index in [9.17, 15) is 0 Å². The number of aromatic nitrogens is 3. The van der Waals surface area contributed by atoms with E-state index in [-0.39, 0.29) is 17.3 Å². The molecule has 0 aliphatic heterocycles. The van der Waals surface area contributed by atoms with Gasteiger partial charge in [-0.1, -0.05) is 18.2 Å². The highest BCUT2D eigenvalue weighted by molar-refractivity contribution is 6.04. The summed E-state index contributed by atoms with van der Waals surface area (Å²) in [7, 11) is 0. The molecule has 3 N–H and O–H groups in total. The van der Waals surface area contributed by atoms with Crippen LogP contribution in [0.2, 0.25) is 0 Å². The van der Waals surface area contributed by atoms with Crippen molar-refractivity contribution < 1.29 is 4.63 Å². The van der Waals surface area contributed by atoms with Crippen molar-refractivity contribution in [2.45, 2.75) is 0 Å². The summed E-state index contributed by atoms with van der Waals surface area (Å²) in [5.74, 6) is 0.262. The molecule has 17 heavy (non-hydrogen) atoms. The third kappa shape index (κ3) is 1.38. The largest absolute Gasteiger partial charge is 0.379 e. The van der Waals surface area contributed by atoms with Crippen LogP contribution >= 0.6 is 0 Å². The monoisotopic (exact) mass is 227 g/mol. The molecule has 0 fully saturated rings. The Balaban J connectivity index is 2.17. The van der Waals surface area contributed by atoms with Crippen molar-refractivity contribution in [3.63, 3.8) is 0 Å². The average Bonchev–Trinajstić information content (AvgIpc) is 2.94. The number of hydrogen-bond donors (Lipinski definition) is 2. The fourth-order valence-electron chi connectivity index (χ4n) is 1.75. The number of nitrogens with zero attached hydrogens (tertiary/aromatic N) is 3. The van der Waals surface area contributed by atoms with Crippen LogP contribution in [0.1, 0.15) is 5.69 Å². The fourth-order valence-corrected chi connectivity index (χ4v) is 1.75. The summed E-state index contributed by atoms with van der Waals surface area (Å²) in [5.41, 5.74) is 6.73. The van der Waals surface area contributed by atoms with Crippen LogP contribution in [0.5, 0.6) is 0 Å². The maximum absolute atomic E-state index is 8.05.